The van der Waals surface area contributed by atoms with Crippen LogP contribution in [0.4, 0.5) is 5.95 Å². The van der Waals surface area contributed by atoms with E-state index in [0.717, 1.165) is 11.3 Å². The lowest BCUT2D eigenvalue weighted by Gasteiger charge is -2.08. The first-order valence-electron chi connectivity index (χ1n) is 7.50. The number of nitrogens with zero attached hydrogens (tertiary/aromatic N) is 3. The van der Waals surface area contributed by atoms with Gasteiger partial charge in [-0.25, -0.2) is 9.97 Å². The van der Waals surface area contributed by atoms with Gasteiger partial charge in [-0.1, -0.05) is 0 Å². The Hall–Kier alpha value is -3.22. The normalized spacial score (nSPS) is 10.4. The molecular formula is C17H17N5O2. The highest BCUT2D eigenvalue weighted by atomic mass is 16.3. The molecule has 7 heteroatoms. The maximum Gasteiger partial charge on any atom is 0.270 e. The van der Waals surface area contributed by atoms with Crippen LogP contribution in [0.5, 0.6) is 0 Å². The Morgan fingerprint density at radius 2 is 2.00 bits per heavy atom. The average molecular weight is 323 g/mol. The zero-order valence-electron chi connectivity index (χ0n) is 13.2. The molecular weight excluding hydrogens is 306 g/mol. The number of hydrogen-bond donors (Lipinski definition) is 2. The molecule has 1 amide bonds. The first-order valence-corrected chi connectivity index (χ1v) is 7.50. The largest absolute Gasteiger partial charge is 0.467 e. The van der Waals surface area contributed by atoms with Crippen LogP contribution in [0.15, 0.2) is 53.4 Å². The zero-order valence-corrected chi connectivity index (χ0v) is 13.2. The molecule has 0 radical (unpaired) electrons. The minimum Gasteiger partial charge on any atom is -0.467 e. The van der Waals surface area contributed by atoms with Crippen LogP contribution >= 0.6 is 0 Å². The van der Waals surface area contributed by atoms with Crippen LogP contribution in [0.1, 0.15) is 27.5 Å². The second-order valence-electron chi connectivity index (χ2n) is 5.19. The van der Waals surface area contributed by atoms with Gasteiger partial charge in [0.05, 0.1) is 12.8 Å². The van der Waals surface area contributed by atoms with Crippen LogP contribution in [0, 0.1) is 6.92 Å². The lowest BCUT2D eigenvalue weighted by Crippen LogP contribution is -2.24. The molecule has 3 rings (SSSR count). The van der Waals surface area contributed by atoms with Crippen LogP contribution in [0.3, 0.4) is 0 Å². The predicted molar refractivity (Wildman–Crippen MR) is 88.2 cm³/mol. The molecule has 0 bridgehead atoms. The van der Waals surface area contributed by atoms with E-state index in [2.05, 4.69) is 25.6 Å². The van der Waals surface area contributed by atoms with E-state index in [1.54, 1.807) is 24.7 Å². The molecule has 0 aliphatic rings. The number of nitrogens with one attached hydrogen (secondary N) is 2. The SMILES string of the molecule is Cc1cc(C(=O)NCc2ccncc2)nc(NCc2ccco2)n1. The van der Waals surface area contributed by atoms with Gasteiger partial charge >= 0.3 is 0 Å². The summed E-state index contributed by atoms with van der Waals surface area (Å²) in [6.45, 7) is 2.69. The van der Waals surface area contributed by atoms with Crippen molar-refractivity contribution < 1.29 is 9.21 Å². The van der Waals surface area contributed by atoms with E-state index < -0.39 is 0 Å². The summed E-state index contributed by atoms with van der Waals surface area (Å²) in [5.41, 5.74) is 2.00. The second-order valence-corrected chi connectivity index (χ2v) is 5.19. The van der Waals surface area contributed by atoms with Gasteiger partial charge in [0.25, 0.3) is 5.91 Å². The number of carbonyl (C=O) groups is 1. The third-order valence-corrected chi connectivity index (χ3v) is 3.29. The Morgan fingerprint density at radius 3 is 2.75 bits per heavy atom. The quantitative estimate of drug-likeness (QED) is 0.723. The van der Waals surface area contributed by atoms with Crippen LogP contribution < -0.4 is 10.6 Å². The topological polar surface area (TPSA) is 92.9 Å². The molecule has 0 unspecified atom stereocenters. The maximum absolute atomic E-state index is 12.3. The van der Waals surface area contributed by atoms with Crippen molar-refractivity contribution in [3.05, 3.63) is 71.7 Å². The summed E-state index contributed by atoms with van der Waals surface area (Å²) in [6, 6.07) is 9.01. The standard InChI is InChI=1S/C17H17N5O2/c1-12-9-15(16(23)19-10-13-4-6-18-7-5-13)22-17(21-12)20-11-14-3-2-8-24-14/h2-9H,10-11H2,1H3,(H,19,23)(H,20,21,22). The average Bonchev–Trinajstić information content (AvgIpc) is 3.12. The highest BCUT2D eigenvalue weighted by Crippen LogP contribution is 2.08. The van der Waals surface area contributed by atoms with Gasteiger partial charge in [-0.05, 0) is 42.8 Å². The van der Waals surface area contributed by atoms with Gasteiger partial charge < -0.3 is 15.1 Å². The van der Waals surface area contributed by atoms with Crippen molar-refractivity contribution in [2.75, 3.05) is 5.32 Å². The Kier molecular flexibility index (Phi) is 4.81. The number of carbonyl (C=O) groups excluding carboxylic acids is 1. The lowest BCUT2D eigenvalue weighted by atomic mass is 10.2. The number of aryl methyl sites for hydroxylation is 1. The monoisotopic (exact) mass is 323 g/mol. The summed E-state index contributed by atoms with van der Waals surface area (Å²) in [5.74, 6) is 0.905. The fourth-order valence-electron chi connectivity index (χ4n) is 2.12. The molecule has 0 spiro atoms. The third kappa shape index (κ3) is 4.16. The molecule has 0 aromatic carbocycles. The molecule has 3 heterocycles. The third-order valence-electron chi connectivity index (χ3n) is 3.29. The Bertz CT molecular complexity index is 803. The Labute approximate surface area is 139 Å². The van der Waals surface area contributed by atoms with Gasteiger partial charge in [0.1, 0.15) is 11.5 Å². The summed E-state index contributed by atoms with van der Waals surface area (Å²) in [6.07, 6.45) is 4.98. The van der Waals surface area contributed by atoms with Crippen molar-refractivity contribution in [1.82, 2.24) is 20.3 Å². The van der Waals surface area contributed by atoms with E-state index in [1.165, 1.54) is 0 Å². The van der Waals surface area contributed by atoms with E-state index >= 15 is 0 Å². The van der Waals surface area contributed by atoms with Crippen molar-refractivity contribution in [3.8, 4) is 0 Å². The number of pyridine rings is 1. The van der Waals surface area contributed by atoms with Gasteiger partial charge in [-0.15, -0.1) is 0 Å². The molecule has 0 saturated carbocycles. The number of furan rings is 1. The van der Waals surface area contributed by atoms with Gasteiger partial charge in [-0.2, -0.15) is 0 Å². The summed E-state index contributed by atoms with van der Waals surface area (Å²) in [7, 11) is 0. The molecule has 0 aliphatic carbocycles. The second kappa shape index (κ2) is 7.36. The first-order chi connectivity index (χ1) is 11.7. The first kappa shape index (κ1) is 15.7. The fourth-order valence-corrected chi connectivity index (χ4v) is 2.12. The zero-order chi connectivity index (χ0) is 16.8. The smallest absolute Gasteiger partial charge is 0.270 e. The molecule has 122 valence electrons. The van der Waals surface area contributed by atoms with E-state index in [4.69, 9.17) is 4.42 Å². The number of aromatic nitrogens is 3. The Morgan fingerprint density at radius 1 is 1.17 bits per heavy atom. The molecule has 3 aromatic rings. The van der Waals surface area contributed by atoms with Crippen LogP contribution in [-0.4, -0.2) is 20.9 Å². The molecule has 3 aromatic heterocycles. The molecule has 2 N–H and O–H groups in total. The molecule has 0 aliphatic heterocycles. The molecule has 7 nitrogen and oxygen atoms in total. The van der Waals surface area contributed by atoms with Crippen molar-refractivity contribution in [2.45, 2.75) is 20.0 Å². The van der Waals surface area contributed by atoms with E-state index in [-0.39, 0.29) is 5.91 Å². The Balaban J connectivity index is 1.65. The van der Waals surface area contributed by atoms with Gasteiger partial charge in [0.15, 0.2) is 0 Å². The van der Waals surface area contributed by atoms with E-state index in [9.17, 15) is 4.79 Å². The minimum absolute atomic E-state index is 0.252. The van der Waals surface area contributed by atoms with Gasteiger partial charge in [0, 0.05) is 24.6 Å². The lowest BCUT2D eigenvalue weighted by molar-refractivity contribution is 0.0945. The molecule has 0 atom stereocenters. The number of rotatable bonds is 6. The van der Waals surface area contributed by atoms with Crippen molar-refractivity contribution >= 4 is 11.9 Å². The molecule has 24 heavy (non-hydrogen) atoms. The number of anilines is 1. The summed E-state index contributed by atoms with van der Waals surface area (Å²) >= 11 is 0. The van der Waals surface area contributed by atoms with Gasteiger partial charge in [0.2, 0.25) is 5.95 Å². The van der Waals surface area contributed by atoms with Crippen molar-refractivity contribution in [2.24, 2.45) is 0 Å². The maximum atomic E-state index is 12.3. The van der Waals surface area contributed by atoms with Crippen LogP contribution in [-0.2, 0) is 13.1 Å². The van der Waals surface area contributed by atoms with Crippen molar-refractivity contribution in [3.63, 3.8) is 0 Å². The highest BCUT2D eigenvalue weighted by molar-refractivity contribution is 5.92. The minimum atomic E-state index is -0.252. The highest BCUT2D eigenvalue weighted by Gasteiger charge is 2.10. The number of hydrogen-bond acceptors (Lipinski definition) is 6. The molecule has 0 saturated heterocycles. The van der Waals surface area contributed by atoms with Crippen LogP contribution in [0.25, 0.3) is 0 Å². The van der Waals surface area contributed by atoms with E-state index in [0.29, 0.717) is 30.4 Å². The molecule has 0 fully saturated rings. The number of amides is 1. The van der Waals surface area contributed by atoms with Gasteiger partial charge in [-0.3, -0.25) is 9.78 Å². The van der Waals surface area contributed by atoms with E-state index in [1.807, 2.05) is 31.2 Å². The summed E-state index contributed by atoms with van der Waals surface area (Å²) in [4.78, 5) is 24.8. The van der Waals surface area contributed by atoms with Crippen molar-refractivity contribution in [1.29, 1.82) is 0 Å². The predicted octanol–water partition coefficient (Wildman–Crippen LogP) is 2.32. The summed E-state index contributed by atoms with van der Waals surface area (Å²) < 4.78 is 5.25. The van der Waals surface area contributed by atoms with Crippen LogP contribution in [0.2, 0.25) is 0 Å². The fraction of sp³-hybridized carbons (Fsp3) is 0.176. The summed E-state index contributed by atoms with van der Waals surface area (Å²) in [5, 5.41) is 5.89.